The zero-order chi connectivity index (χ0) is 19.1. The summed E-state index contributed by atoms with van der Waals surface area (Å²) >= 11 is 0. The van der Waals surface area contributed by atoms with Gasteiger partial charge in [0, 0.05) is 25.1 Å². The number of nitrogens with one attached hydrogen (secondary N) is 2. The lowest BCUT2D eigenvalue weighted by Crippen LogP contribution is -2.40. The Labute approximate surface area is 162 Å². The molecule has 1 aliphatic heterocycles. The Hall–Kier alpha value is -1.95. The van der Waals surface area contributed by atoms with Gasteiger partial charge in [0.05, 0.1) is 6.54 Å². The Bertz CT molecular complexity index is 638. The molecule has 0 bridgehead atoms. The third kappa shape index (κ3) is 5.06. The first-order chi connectivity index (χ1) is 13.2. The van der Waals surface area contributed by atoms with Gasteiger partial charge in [-0.3, -0.25) is 4.99 Å². The van der Waals surface area contributed by atoms with Gasteiger partial charge in [-0.15, -0.1) is 0 Å². The summed E-state index contributed by atoms with van der Waals surface area (Å²) in [6.45, 7) is 7.27. The van der Waals surface area contributed by atoms with E-state index in [0.29, 0.717) is 12.7 Å². The Morgan fingerprint density at radius 1 is 1.19 bits per heavy atom. The van der Waals surface area contributed by atoms with Crippen LogP contribution in [0.3, 0.4) is 0 Å². The summed E-state index contributed by atoms with van der Waals surface area (Å²) in [5.74, 6) is 3.02. The molecule has 6 nitrogen and oxygen atoms in total. The summed E-state index contributed by atoms with van der Waals surface area (Å²) in [4.78, 5) is 4.87. The fourth-order valence-corrected chi connectivity index (χ4v) is 3.67. The molecule has 0 spiro atoms. The van der Waals surface area contributed by atoms with Crippen LogP contribution >= 0.6 is 0 Å². The minimum absolute atomic E-state index is 0.122. The zero-order valence-corrected chi connectivity index (χ0v) is 16.6. The van der Waals surface area contributed by atoms with Crippen molar-refractivity contribution in [1.82, 2.24) is 10.6 Å². The van der Waals surface area contributed by atoms with E-state index in [0.717, 1.165) is 69.2 Å². The minimum Gasteiger partial charge on any atom is -0.454 e. The number of rotatable bonds is 10. The quantitative estimate of drug-likeness (QED) is 0.433. The van der Waals surface area contributed by atoms with E-state index in [9.17, 15) is 5.11 Å². The Morgan fingerprint density at radius 3 is 2.70 bits per heavy atom. The van der Waals surface area contributed by atoms with Gasteiger partial charge in [-0.25, -0.2) is 0 Å². The molecule has 1 aromatic rings. The van der Waals surface area contributed by atoms with Gasteiger partial charge < -0.3 is 25.2 Å². The molecule has 0 amide bonds. The third-order valence-corrected chi connectivity index (χ3v) is 5.52. The first-order valence-electron chi connectivity index (χ1n) is 10.2. The van der Waals surface area contributed by atoms with Gasteiger partial charge in [-0.2, -0.15) is 0 Å². The second-order valence-electron chi connectivity index (χ2n) is 7.59. The molecule has 0 saturated heterocycles. The van der Waals surface area contributed by atoms with Gasteiger partial charge in [0.15, 0.2) is 17.5 Å². The summed E-state index contributed by atoms with van der Waals surface area (Å²) < 4.78 is 11.0. The van der Waals surface area contributed by atoms with E-state index in [-0.39, 0.29) is 12.0 Å². The molecule has 3 N–H and O–H groups in total. The Balaban J connectivity index is 1.62. The summed E-state index contributed by atoms with van der Waals surface area (Å²) in [7, 11) is 0. The maximum atomic E-state index is 9.25. The highest BCUT2D eigenvalue weighted by Crippen LogP contribution is 2.50. The monoisotopic (exact) mass is 375 g/mol. The van der Waals surface area contributed by atoms with Crippen LogP contribution < -0.4 is 20.1 Å². The van der Waals surface area contributed by atoms with Gasteiger partial charge in [-0.1, -0.05) is 19.4 Å². The first-order valence-corrected chi connectivity index (χ1v) is 10.2. The van der Waals surface area contributed by atoms with Crippen LogP contribution in [0, 0.1) is 5.92 Å². The fourth-order valence-electron chi connectivity index (χ4n) is 3.67. The molecule has 1 unspecified atom stereocenters. The number of benzene rings is 1. The molecular weight excluding hydrogens is 342 g/mol. The van der Waals surface area contributed by atoms with Crippen molar-refractivity contribution >= 4 is 5.96 Å². The zero-order valence-electron chi connectivity index (χ0n) is 16.6. The second kappa shape index (κ2) is 9.31. The van der Waals surface area contributed by atoms with Gasteiger partial charge in [0.2, 0.25) is 6.79 Å². The van der Waals surface area contributed by atoms with Crippen LogP contribution in [0.4, 0.5) is 0 Å². The molecule has 1 heterocycles. The number of ether oxygens (including phenoxy) is 2. The van der Waals surface area contributed by atoms with Crippen molar-refractivity contribution < 1.29 is 14.6 Å². The normalized spacial score (nSPS) is 18.3. The molecule has 27 heavy (non-hydrogen) atoms. The van der Waals surface area contributed by atoms with Crippen molar-refractivity contribution in [1.29, 1.82) is 0 Å². The molecule has 0 radical (unpaired) electrons. The molecule has 6 heteroatoms. The van der Waals surface area contributed by atoms with Gasteiger partial charge in [-0.05, 0) is 56.2 Å². The second-order valence-corrected chi connectivity index (χ2v) is 7.59. The van der Waals surface area contributed by atoms with Crippen LogP contribution in [0.25, 0.3) is 0 Å². The number of aliphatic hydroxyl groups is 1. The van der Waals surface area contributed by atoms with Crippen LogP contribution in [0.15, 0.2) is 23.2 Å². The van der Waals surface area contributed by atoms with E-state index in [1.165, 1.54) is 5.56 Å². The molecule has 1 aromatic carbocycles. The largest absolute Gasteiger partial charge is 0.454 e. The van der Waals surface area contributed by atoms with Crippen molar-refractivity contribution in [3.05, 3.63) is 23.8 Å². The van der Waals surface area contributed by atoms with Gasteiger partial charge in [0.1, 0.15) is 0 Å². The van der Waals surface area contributed by atoms with Crippen molar-refractivity contribution in [3.63, 3.8) is 0 Å². The molecule has 1 fully saturated rings. The highest BCUT2D eigenvalue weighted by molar-refractivity contribution is 5.79. The fraction of sp³-hybridized carbons (Fsp3) is 0.667. The molecular formula is C21H33N3O3. The number of guanidine groups is 1. The number of fused-ring (bicyclic) bond motifs is 1. The van der Waals surface area contributed by atoms with Crippen molar-refractivity contribution in [2.45, 2.75) is 51.4 Å². The van der Waals surface area contributed by atoms with E-state index in [4.69, 9.17) is 14.5 Å². The maximum Gasteiger partial charge on any atom is 0.231 e. The van der Waals surface area contributed by atoms with Crippen LogP contribution in [-0.4, -0.2) is 44.1 Å². The molecule has 150 valence electrons. The summed E-state index contributed by atoms with van der Waals surface area (Å²) in [5.41, 5.74) is 1.41. The Morgan fingerprint density at radius 2 is 2.00 bits per heavy atom. The molecule has 3 rings (SSSR count). The number of aliphatic hydroxyl groups excluding tert-OH is 1. The maximum absolute atomic E-state index is 9.25. The van der Waals surface area contributed by atoms with E-state index in [2.05, 4.69) is 36.6 Å². The molecule has 0 aromatic heterocycles. The number of nitrogens with zero attached hydrogens (tertiary/aromatic N) is 1. The predicted octanol–water partition coefficient (Wildman–Crippen LogP) is 2.80. The lowest BCUT2D eigenvalue weighted by atomic mass is 9.96. The summed E-state index contributed by atoms with van der Waals surface area (Å²) in [6.07, 6.45) is 5.39. The first kappa shape index (κ1) is 19.8. The lowest BCUT2D eigenvalue weighted by Gasteiger charge is -2.19. The van der Waals surface area contributed by atoms with E-state index in [1.54, 1.807) is 0 Å². The molecule has 2 aliphatic rings. The number of hydrogen-bond acceptors (Lipinski definition) is 4. The van der Waals surface area contributed by atoms with Crippen molar-refractivity contribution in [3.8, 4) is 11.5 Å². The van der Waals surface area contributed by atoms with Crippen molar-refractivity contribution in [2.24, 2.45) is 10.9 Å². The summed E-state index contributed by atoms with van der Waals surface area (Å²) in [6, 6.07) is 6.27. The number of hydrogen-bond donors (Lipinski definition) is 3. The highest BCUT2D eigenvalue weighted by atomic mass is 16.7. The van der Waals surface area contributed by atoms with E-state index >= 15 is 0 Å². The average Bonchev–Trinajstić information content (AvgIpc) is 3.32. The van der Waals surface area contributed by atoms with Gasteiger partial charge in [0.25, 0.3) is 0 Å². The average molecular weight is 376 g/mol. The van der Waals surface area contributed by atoms with E-state index in [1.807, 2.05) is 6.07 Å². The SMILES string of the molecule is CCCC(CCO)CNC(=NCC1(c2ccc3c(c2)OCO3)CC1)NCC. The van der Waals surface area contributed by atoms with Crippen LogP contribution in [-0.2, 0) is 5.41 Å². The standard InChI is InChI=1S/C21H33N3O3/c1-3-5-16(8-11-25)13-23-20(22-4-2)24-14-21(9-10-21)17-6-7-18-19(12-17)27-15-26-18/h6-7,12,16,25H,3-5,8-11,13-15H2,1-2H3,(H2,22,23,24). The van der Waals surface area contributed by atoms with Crippen molar-refractivity contribution in [2.75, 3.05) is 33.0 Å². The van der Waals surface area contributed by atoms with E-state index < -0.39 is 0 Å². The third-order valence-electron chi connectivity index (χ3n) is 5.52. The molecule has 1 aliphatic carbocycles. The van der Waals surface area contributed by atoms with Crippen LogP contribution in [0.1, 0.15) is 51.5 Å². The van der Waals surface area contributed by atoms with Crippen LogP contribution in [0.5, 0.6) is 11.5 Å². The van der Waals surface area contributed by atoms with Crippen LogP contribution in [0.2, 0.25) is 0 Å². The summed E-state index contributed by atoms with van der Waals surface area (Å²) in [5, 5.41) is 16.1. The smallest absolute Gasteiger partial charge is 0.231 e. The predicted molar refractivity (Wildman–Crippen MR) is 108 cm³/mol. The molecule has 1 atom stereocenters. The lowest BCUT2D eigenvalue weighted by molar-refractivity contribution is 0.174. The highest BCUT2D eigenvalue weighted by Gasteiger charge is 2.44. The molecule has 1 saturated carbocycles. The van der Waals surface area contributed by atoms with Gasteiger partial charge >= 0.3 is 0 Å². The topological polar surface area (TPSA) is 75.1 Å². The Kier molecular flexibility index (Phi) is 6.83. The number of aliphatic imine (C=N–C) groups is 1. The minimum atomic E-state index is 0.122.